The maximum Gasteiger partial charge on any atom is 0.220 e. The van der Waals surface area contributed by atoms with Crippen molar-refractivity contribution in [3.8, 4) is 0 Å². The molecule has 1 rings (SSSR count). The highest BCUT2D eigenvalue weighted by Crippen LogP contribution is 2.00. The van der Waals surface area contributed by atoms with Gasteiger partial charge in [-0.15, -0.1) is 0 Å². The first kappa shape index (κ1) is 13.5. The lowest BCUT2D eigenvalue weighted by atomic mass is 10.2. The zero-order chi connectivity index (χ0) is 12.3. The highest BCUT2D eigenvalue weighted by molar-refractivity contribution is 5.76. The minimum atomic E-state index is 0.149. The van der Waals surface area contributed by atoms with Crippen molar-refractivity contribution in [3.05, 3.63) is 42.0 Å². The smallest absolute Gasteiger partial charge is 0.220 e. The molecule has 1 amide bonds. The summed E-state index contributed by atoms with van der Waals surface area (Å²) in [5.41, 5.74) is 1.16. The summed E-state index contributed by atoms with van der Waals surface area (Å²) in [6.45, 7) is 2.75. The first-order valence-corrected chi connectivity index (χ1v) is 6.31. The molecule has 2 nitrogen and oxygen atoms in total. The number of carbonyl (C=O) groups is 1. The summed E-state index contributed by atoms with van der Waals surface area (Å²) in [6, 6.07) is 10.1. The topological polar surface area (TPSA) is 29.1 Å². The summed E-state index contributed by atoms with van der Waals surface area (Å²) >= 11 is 0. The normalized spacial score (nSPS) is 10.6. The van der Waals surface area contributed by atoms with Gasteiger partial charge in [-0.05, 0) is 12.0 Å². The number of unbranched alkanes of at least 4 members (excludes halogenated alkanes) is 2. The molecular formula is C15H21NO. The van der Waals surface area contributed by atoms with Crippen LogP contribution in [0.2, 0.25) is 0 Å². The molecule has 0 spiro atoms. The zero-order valence-corrected chi connectivity index (χ0v) is 10.5. The van der Waals surface area contributed by atoms with Crippen molar-refractivity contribution in [2.24, 2.45) is 0 Å². The summed E-state index contributed by atoms with van der Waals surface area (Å²) in [5.74, 6) is 0.149. The average molecular weight is 231 g/mol. The fourth-order valence-corrected chi connectivity index (χ4v) is 1.56. The quantitative estimate of drug-likeness (QED) is 0.716. The lowest BCUT2D eigenvalue weighted by molar-refractivity contribution is -0.120. The molecule has 17 heavy (non-hydrogen) atoms. The van der Waals surface area contributed by atoms with Gasteiger partial charge in [0.1, 0.15) is 0 Å². The van der Waals surface area contributed by atoms with E-state index in [4.69, 9.17) is 0 Å². The van der Waals surface area contributed by atoms with Crippen LogP contribution in [0.1, 0.15) is 38.2 Å². The Hall–Kier alpha value is -1.57. The maximum absolute atomic E-state index is 11.4. The van der Waals surface area contributed by atoms with E-state index >= 15 is 0 Å². The second-order valence-corrected chi connectivity index (χ2v) is 4.07. The third-order valence-corrected chi connectivity index (χ3v) is 2.53. The minimum Gasteiger partial charge on any atom is -0.353 e. The van der Waals surface area contributed by atoms with Crippen molar-refractivity contribution < 1.29 is 4.79 Å². The Morgan fingerprint density at radius 1 is 1.24 bits per heavy atom. The number of amides is 1. The molecule has 0 heterocycles. The molecule has 0 aliphatic rings. The van der Waals surface area contributed by atoms with E-state index in [1.807, 2.05) is 42.5 Å². The molecule has 92 valence electrons. The predicted octanol–water partition coefficient (Wildman–Crippen LogP) is 3.40. The van der Waals surface area contributed by atoms with Crippen LogP contribution < -0.4 is 5.32 Å². The summed E-state index contributed by atoms with van der Waals surface area (Å²) in [6.07, 6.45) is 7.92. The van der Waals surface area contributed by atoms with Crippen LogP contribution in [0.4, 0.5) is 0 Å². The Labute approximate surface area is 104 Å². The fourth-order valence-electron chi connectivity index (χ4n) is 1.56. The molecule has 1 aromatic rings. The first-order valence-electron chi connectivity index (χ1n) is 6.31. The van der Waals surface area contributed by atoms with Gasteiger partial charge >= 0.3 is 0 Å². The SMILES string of the molecule is CCCCCC(=O)NCC=Cc1ccccc1. The van der Waals surface area contributed by atoms with Gasteiger partial charge in [0.15, 0.2) is 0 Å². The molecule has 0 bridgehead atoms. The van der Waals surface area contributed by atoms with Crippen LogP contribution in [0.3, 0.4) is 0 Å². The number of benzene rings is 1. The van der Waals surface area contributed by atoms with Gasteiger partial charge < -0.3 is 5.32 Å². The van der Waals surface area contributed by atoms with Crippen molar-refractivity contribution in [1.82, 2.24) is 5.32 Å². The molecule has 0 fully saturated rings. The Morgan fingerprint density at radius 2 is 2.00 bits per heavy atom. The molecule has 1 aromatic carbocycles. The van der Waals surface area contributed by atoms with Gasteiger partial charge in [-0.2, -0.15) is 0 Å². The van der Waals surface area contributed by atoms with Crippen LogP contribution in [-0.4, -0.2) is 12.5 Å². The van der Waals surface area contributed by atoms with Gasteiger partial charge in [0.05, 0.1) is 0 Å². The zero-order valence-electron chi connectivity index (χ0n) is 10.5. The van der Waals surface area contributed by atoms with Crippen LogP contribution >= 0.6 is 0 Å². The highest BCUT2D eigenvalue weighted by Gasteiger charge is 1.97. The molecule has 1 N–H and O–H groups in total. The maximum atomic E-state index is 11.4. The van der Waals surface area contributed by atoms with Crippen LogP contribution in [0, 0.1) is 0 Å². The highest BCUT2D eigenvalue weighted by atomic mass is 16.1. The fraction of sp³-hybridized carbons (Fsp3) is 0.400. The Morgan fingerprint density at radius 3 is 2.71 bits per heavy atom. The molecule has 0 atom stereocenters. The van der Waals surface area contributed by atoms with E-state index in [-0.39, 0.29) is 5.91 Å². The molecule has 0 saturated carbocycles. The van der Waals surface area contributed by atoms with E-state index in [1.54, 1.807) is 0 Å². The monoisotopic (exact) mass is 231 g/mol. The number of nitrogens with one attached hydrogen (secondary N) is 1. The Balaban J connectivity index is 2.15. The van der Waals surface area contributed by atoms with Crippen molar-refractivity contribution in [2.45, 2.75) is 32.6 Å². The Bertz CT molecular complexity index is 343. The molecular weight excluding hydrogens is 210 g/mol. The van der Waals surface area contributed by atoms with Gasteiger partial charge in [0.2, 0.25) is 5.91 Å². The molecule has 0 unspecified atom stereocenters. The average Bonchev–Trinajstić information content (AvgIpc) is 2.36. The first-order chi connectivity index (χ1) is 8.33. The van der Waals surface area contributed by atoms with Crippen molar-refractivity contribution in [3.63, 3.8) is 0 Å². The summed E-state index contributed by atoms with van der Waals surface area (Å²) in [4.78, 5) is 11.4. The molecule has 0 saturated heterocycles. The van der Waals surface area contributed by atoms with Gasteiger partial charge in [-0.25, -0.2) is 0 Å². The predicted molar refractivity (Wildman–Crippen MR) is 72.6 cm³/mol. The van der Waals surface area contributed by atoms with Crippen LogP contribution in [-0.2, 0) is 4.79 Å². The number of rotatable bonds is 7. The third kappa shape index (κ3) is 6.56. The van der Waals surface area contributed by atoms with Crippen molar-refractivity contribution in [2.75, 3.05) is 6.54 Å². The van der Waals surface area contributed by atoms with E-state index in [1.165, 1.54) is 0 Å². The lowest BCUT2D eigenvalue weighted by Crippen LogP contribution is -2.22. The number of carbonyl (C=O) groups excluding carboxylic acids is 1. The van der Waals surface area contributed by atoms with E-state index in [0.29, 0.717) is 13.0 Å². The van der Waals surface area contributed by atoms with Gasteiger partial charge in [0, 0.05) is 13.0 Å². The number of hydrogen-bond acceptors (Lipinski definition) is 1. The lowest BCUT2D eigenvalue weighted by Gasteiger charge is -2.01. The van der Waals surface area contributed by atoms with Crippen LogP contribution in [0.15, 0.2) is 36.4 Å². The second-order valence-electron chi connectivity index (χ2n) is 4.07. The molecule has 0 aliphatic carbocycles. The molecule has 0 aliphatic heterocycles. The van der Waals surface area contributed by atoms with Gasteiger partial charge in [-0.3, -0.25) is 4.79 Å². The second kappa shape index (κ2) is 8.57. The third-order valence-electron chi connectivity index (χ3n) is 2.53. The van der Waals surface area contributed by atoms with Crippen molar-refractivity contribution in [1.29, 1.82) is 0 Å². The van der Waals surface area contributed by atoms with E-state index in [2.05, 4.69) is 12.2 Å². The van der Waals surface area contributed by atoms with E-state index < -0.39 is 0 Å². The van der Waals surface area contributed by atoms with Crippen LogP contribution in [0.25, 0.3) is 6.08 Å². The van der Waals surface area contributed by atoms with E-state index in [0.717, 1.165) is 24.8 Å². The van der Waals surface area contributed by atoms with Gasteiger partial charge in [0.25, 0.3) is 0 Å². The van der Waals surface area contributed by atoms with Crippen LogP contribution in [0.5, 0.6) is 0 Å². The van der Waals surface area contributed by atoms with Gasteiger partial charge in [-0.1, -0.05) is 62.2 Å². The largest absolute Gasteiger partial charge is 0.353 e. The van der Waals surface area contributed by atoms with Crippen molar-refractivity contribution >= 4 is 12.0 Å². The Kier molecular flexibility index (Phi) is 6.80. The molecule has 2 heteroatoms. The summed E-state index contributed by atoms with van der Waals surface area (Å²) in [5, 5.41) is 2.89. The standard InChI is InChI=1S/C15H21NO/c1-2-3-5-12-15(17)16-13-8-11-14-9-6-4-7-10-14/h4,6-11H,2-3,5,12-13H2,1H3,(H,16,17). The minimum absolute atomic E-state index is 0.149. The summed E-state index contributed by atoms with van der Waals surface area (Å²) < 4.78 is 0. The summed E-state index contributed by atoms with van der Waals surface area (Å²) in [7, 11) is 0. The number of hydrogen-bond donors (Lipinski definition) is 1. The molecule has 0 aromatic heterocycles. The van der Waals surface area contributed by atoms with E-state index in [9.17, 15) is 4.79 Å². The molecule has 0 radical (unpaired) electrons.